The molecule has 1 aromatic heterocycles. The second-order valence-electron chi connectivity index (χ2n) is 2.18. The lowest BCUT2D eigenvalue weighted by Crippen LogP contribution is -1.71. The lowest BCUT2D eigenvalue weighted by molar-refractivity contribution is 1.35. The largest absolute Gasteiger partial charge is 0.128 e. The molecule has 0 aliphatic heterocycles. The summed E-state index contributed by atoms with van der Waals surface area (Å²) in [5.41, 5.74) is 2.57. The molecule has 0 fully saturated rings. The van der Waals surface area contributed by atoms with E-state index in [1.54, 1.807) is 11.3 Å². The minimum Gasteiger partial charge on any atom is -0.128 e. The third-order valence-corrected chi connectivity index (χ3v) is 3.24. The van der Waals surface area contributed by atoms with Crippen LogP contribution in [0.5, 0.6) is 0 Å². The van der Waals surface area contributed by atoms with Gasteiger partial charge in [0.1, 0.15) is 0 Å². The van der Waals surface area contributed by atoms with Crippen LogP contribution >= 0.6 is 22.9 Å². The van der Waals surface area contributed by atoms with Crippen molar-refractivity contribution in [3.8, 4) is 0 Å². The highest BCUT2D eigenvalue weighted by Crippen LogP contribution is 2.30. The predicted molar refractivity (Wildman–Crippen MR) is 43.5 cm³/mol. The molecule has 0 unspecified atom stereocenters. The van der Waals surface area contributed by atoms with Gasteiger partial charge in [-0.15, -0.1) is 11.3 Å². The molecule has 0 radical (unpaired) electrons. The highest BCUT2D eigenvalue weighted by Gasteiger charge is 2.04. The average molecular weight is 161 g/mol. The zero-order chi connectivity index (χ0) is 7.02. The van der Waals surface area contributed by atoms with Gasteiger partial charge in [0.2, 0.25) is 0 Å². The Labute approximate surface area is 64.5 Å². The Bertz CT molecular complexity index is 203. The SMILES string of the molecule is Cc1sc(Cl)c(C)c1C. The van der Waals surface area contributed by atoms with Gasteiger partial charge in [-0.05, 0) is 31.9 Å². The molecule has 2 heteroatoms. The molecular formula is C7H9ClS. The first-order valence-corrected chi connectivity index (χ1v) is 4.04. The van der Waals surface area contributed by atoms with Crippen LogP contribution in [-0.2, 0) is 0 Å². The second kappa shape index (κ2) is 2.31. The smallest absolute Gasteiger partial charge is 0.0962 e. The molecule has 0 aromatic carbocycles. The first kappa shape index (κ1) is 7.10. The van der Waals surface area contributed by atoms with Crippen molar-refractivity contribution in [2.45, 2.75) is 20.8 Å². The normalized spacial score (nSPS) is 10.2. The van der Waals surface area contributed by atoms with E-state index in [-0.39, 0.29) is 0 Å². The second-order valence-corrected chi connectivity index (χ2v) is 4.01. The summed E-state index contributed by atoms with van der Waals surface area (Å²) < 4.78 is 0.935. The lowest BCUT2D eigenvalue weighted by Gasteiger charge is -1.87. The van der Waals surface area contributed by atoms with Crippen molar-refractivity contribution in [3.63, 3.8) is 0 Å². The Hall–Kier alpha value is -0.0100. The summed E-state index contributed by atoms with van der Waals surface area (Å²) in [6.07, 6.45) is 0. The fourth-order valence-electron chi connectivity index (χ4n) is 0.699. The zero-order valence-electron chi connectivity index (χ0n) is 5.79. The Morgan fingerprint density at radius 3 is 1.78 bits per heavy atom. The number of thiophene rings is 1. The van der Waals surface area contributed by atoms with Gasteiger partial charge in [-0.1, -0.05) is 11.6 Å². The van der Waals surface area contributed by atoms with Crippen LogP contribution < -0.4 is 0 Å². The molecule has 0 amide bonds. The maximum atomic E-state index is 5.85. The van der Waals surface area contributed by atoms with Gasteiger partial charge in [0, 0.05) is 4.88 Å². The summed E-state index contributed by atoms with van der Waals surface area (Å²) in [6, 6.07) is 0. The number of hydrogen-bond donors (Lipinski definition) is 0. The van der Waals surface area contributed by atoms with Crippen molar-refractivity contribution in [1.82, 2.24) is 0 Å². The van der Waals surface area contributed by atoms with Crippen molar-refractivity contribution < 1.29 is 0 Å². The van der Waals surface area contributed by atoms with E-state index in [0.717, 1.165) is 4.34 Å². The minimum atomic E-state index is 0.935. The van der Waals surface area contributed by atoms with E-state index in [4.69, 9.17) is 11.6 Å². The van der Waals surface area contributed by atoms with E-state index >= 15 is 0 Å². The first-order valence-electron chi connectivity index (χ1n) is 2.85. The summed E-state index contributed by atoms with van der Waals surface area (Å²) in [5, 5.41) is 0. The van der Waals surface area contributed by atoms with Crippen molar-refractivity contribution in [3.05, 3.63) is 20.3 Å². The standard InChI is InChI=1S/C7H9ClS/c1-4-5(2)7(8)9-6(4)3/h1-3H3. The Balaban J connectivity index is 3.29. The third-order valence-electron chi connectivity index (χ3n) is 1.63. The summed E-state index contributed by atoms with van der Waals surface area (Å²) in [6.45, 7) is 6.26. The van der Waals surface area contributed by atoms with Crippen LogP contribution in [0.4, 0.5) is 0 Å². The Kier molecular flexibility index (Phi) is 1.83. The maximum absolute atomic E-state index is 5.85. The van der Waals surface area contributed by atoms with E-state index in [1.165, 1.54) is 16.0 Å². The van der Waals surface area contributed by atoms with Crippen LogP contribution in [-0.4, -0.2) is 0 Å². The molecule has 9 heavy (non-hydrogen) atoms. The molecule has 0 spiro atoms. The van der Waals surface area contributed by atoms with Gasteiger partial charge in [0.05, 0.1) is 4.34 Å². The highest BCUT2D eigenvalue weighted by molar-refractivity contribution is 7.16. The van der Waals surface area contributed by atoms with Gasteiger partial charge in [-0.2, -0.15) is 0 Å². The third kappa shape index (κ3) is 1.12. The molecule has 1 aromatic rings. The van der Waals surface area contributed by atoms with Crippen molar-refractivity contribution in [1.29, 1.82) is 0 Å². The Morgan fingerprint density at radius 1 is 1.11 bits per heavy atom. The van der Waals surface area contributed by atoms with E-state index < -0.39 is 0 Å². The van der Waals surface area contributed by atoms with Crippen LogP contribution in [0.3, 0.4) is 0 Å². The quantitative estimate of drug-likeness (QED) is 0.546. The molecule has 0 bridgehead atoms. The van der Waals surface area contributed by atoms with Gasteiger partial charge in [0.15, 0.2) is 0 Å². The summed E-state index contributed by atoms with van der Waals surface area (Å²) >= 11 is 7.51. The van der Waals surface area contributed by atoms with E-state index in [0.29, 0.717) is 0 Å². The summed E-state index contributed by atoms with van der Waals surface area (Å²) in [5.74, 6) is 0. The molecule has 50 valence electrons. The van der Waals surface area contributed by atoms with Crippen molar-refractivity contribution in [2.24, 2.45) is 0 Å². The molecule has 0 saturated heterocycles. The molecule has 1 rings (SSSR count). The molecular weight excluding hydrogens is 152 g/mol. The highest BCUT2D eigenvalue weighted by atomic mass is 35.5. The average Bonchev–Trinajstić information content (AvgIpc) is 1.98. The van der Waals surface area contributed by atoms with Gasteiger partial charge in [0.25, 0.3) is 0 Å². The fraction of sp³-hybridized carbons (Fsp3) is 0.429. The molecule has 0 atom stereocenters. The maximum Gasteiger partial charge on any atom is 0.0962 e. The molecule has 0 aliphatic carbocycles. The number of rotatable bonds is 0. The van der Waals surface area contributed by atoms with Crippen LogP contribution in [0.15, 0.2) is 0 Å². The zero-order valence-corrected chi connectivity index (χ0v) is 7.36. The number of aryl methyl sites for hydroxylation is 1. The number of hydrogen-bond acceptors (Lipinski definition) is 1. The topological polar surface area (TPSA) is 0 Å². The van der Waals surface area contributed by atoms with Gasteiger partial charge in [-0.3, -0.25) is 0 Å². The minimum absolute atomic E-state index is 0.935. The molecule has 0 N–H and O–H groups in total. The van der Waals surface area contributed by atoms with E-state index in [9.17, 15) is 0 Å². The van der Waals surface area contributed by atoms with Gasteiger partial charge in [-0.25, -0.2) is 0 Å². The molecule has 0 aliphatic rings. The van der Waals surface area contributed by atoms with E-state index in [2.05, 4.69) is 20.8 Å². The Morgan fingerprint density at radius 2 is 1.67 bits per heavy atom. The predicted octanol–water partition coefficient (Wildman–Crippen LogP) is 3.33. The molecule has 1 heterocycles. The van der Waals surface area contributed by atoms with Crippen LogP contribution in [0.1, 0.15) is 16.0 Å². The first-order chi connectivity index (χ1) is 4.13. The number of halogens is 1. The summed E-state index contributed by atoms with van der Waals surface area (Å²) in [4.78, 5) is 1.33. The van der Waals surface area contributed by atoms with E-state index in [1.807, 2.05) is 0 Å². The molecule has 0 nitrogen and oxygen atoms in total. The lowest BCUT2D eigenvalue weighted by atomic mass is 10.2. The summed E-state index contributed by atoms with van der Waals surface area (Å²) in [7, 11) is 0. The van der Waals surface area contributed by atoms with Crippen LogP contribution in [0.25, 0.3) is 0 Å². The van der Waals surface area contributed by atoms with Crippen molar-refractivity contribution >= 4 is 22.9 Å². The monoisotopic (exact) mass is 160 g/mol. The van der Waals surface area contributed by atoms with Crippen LogP contribution in [0.2, 0.25) is 4.34 Å². The fourth-order valence-corrected chi connectivity index (χ4v) is 2.07. The van der Waals surface area contributed by atoms with Crippen LogP contribution in [0, 0.1) is 20.8 Å². The van der Waals surface area contributed by atoms with Gasteiger partial charge < -0.3 is 0 Å². The molecule has 0 saturated carbocycles. The van der Waals surface area contributed by atoms with Crippen molar-refractivity contribution in [2.75, 3.05) is 0 Å². The van der Waals surface area contributed by atoms with Gasteiger partial charge >= 0.3 is 0 Å².